The highest BCUT2D eigenvalue weighted by Crippen LogP contribution is 2.43. The Bertz CT molecular complexity index is 4000. The van der Waals surface area contributed by atoms with Crippen molar-refractivity contribution in [1.82, 2.24) is 0 Å². The summed E-state index contributed by atoms with van der Waals surface area (Å²) >= 11 is 0. The predicted octanol–water partition coefficient (Wildman–Crippen LogP) is 12.2. The molecule has 0 aromatic heterocycles. The first-order valence-electron chi connectivity index (χ1n) is 22.0. The lowest BCUT2D eigenvalue weighted by Gasteiger charge is -2.12. The number of benzene rings is 7. The highest BCUT2D eigenvalue weighted by molar-refractivity contribution is 7.87. The predicted molar refractivity (Wildman–Crippen MR) is 276 cm³/mol. The number of hydrogen-bond acceptors (Lipinski definition) is 18. The second-order valence-corrected chi connectivity index (χ2v) is 20.9. The Kier molecular flexibility index (Phi) is 16.1. The summed E-state index contributed by atoms with van der Waals surface area (Å²) in [7, 11) is -14.7. The minimum absolute atomic E-state index is 0.122. The van der Waals surface area contributed by atoms with E-state index in [1.807, 2.05) is 0 Å². The van der Waals surface area contributed by atoms with E-state index >= 15 is 0 Å². The number of carbonyl (C=O) groups excluding carboxylic acids is 2. The number of aryl methyl sites for hydroxylation is 4. The van der Waals surface area contributed by atoms with Crippen LogP contribution >= 0.6 is 0 Å². The molecular formula is C49H42N10O14S3. The van der Waals surface area contributed by atoms with Crippen molar-refractivity contribution in [3.8, 4) is 5.75 Å². The van der Waals surface area contributed by atoms with Crippen LogP contribution < -0.4 is 10.6 Å². The molecule has 7 aromatic rings. The highest BCUT2D eigenvalue weighted by atomic mass is 32.2. The van der Waals surface area contributed by atoms with Crippen LogP contribution in [0.5, 0.6) is 5.75 Å². The van der Waals surface area contributed by atoms with Gasteiger partial charge in [0.05, 0.1) is 45.4 Å². The van der Waals surface area contributed by atoms with Crippen molar-refractivity contribution in [2.24, 2.45) is 40.9 Å². The number of azo groups is 4. The minimum atomic E-state index is -4.99. The normalized spacial score (nSPS) is 12.4. The van der Waals surface area contributed by atoms with Crippen molar-refractivity contribution in [3.63, 3.8) is 0 Å². The van der Waals surface area contributed by atoms with Gasteiger partial charge in [0, 0.05) is 28.7 Å². The molecule has 76 heavy (non-hydrogen) atoms. The van der Waals surface area contributed by atoms with Gasteiger partial charge in [-0.05, 0) is 171 Å². The second kappa shape index (κ2) is 22.3. The fourth-order valence-electron chi connectivity index (χ4n) is 7.08. The van der Waals surface area contributed by atoms with Crippen molar-refractivity contribution in [1.29, 1.82) is 0 Å². The van der Waals surface area contributed by atoms with Crippen molar-refractivity contribution in [2.45, 2.75) is 55.2 Å². The van der Waals surface area contributed by atoms with Crippen molar-refractivity contribution in [3.05, 3.63) is 143 Å². The largest absolute Gasteiger partial charge is 0.505 e. The number of anilines is 2. The van der Waals surface area contributed by atoms with E-state index in [2.05, 4.69) is 51.5 Å². The van der Waals surface area contributed by atoms with Gasteiger partial charge in [0.2, 0.25) is 5.91 Å². The van der Waals surface area contributed by atoms with E-state index in [0.29, 0.717) is 62.4 Å². The van der Waals surface area contributed by atoms with Crippen molar-refractivity contribution in [2.75, 3.05) is 10.6 Å². The van der Waals surface area contributed by atoms with E-state index < -0.39 is 74.3 Å². The number of carboxylic acids is 1. The number of nitrogens with zero attached hydrogens (tertiary/aromatic N) is 8. The molecule has 7 rings (SSSR count). The lowest BCUT2D eigenvalue weighted by Crippen LogP contribution is -2.14. The van der Waals surface area contributed by atoms with Crippen LogP contribution in [-0.4, -0.2) is 66.9 Å². The Balaban J connectivity index is 1.02. The number of phenolic OH excluding ortho intramolecular Hbond substituents is 1. The van der Waals surface area contributed by atoms with Gasteiger partial charge in [-0.15, -0.1) is 10.2 Å². The molecule has 0 radical (unpaired) electrons. The van der Waals surface area contributed by atoms with Gasteiger partial charge in [0.15, 0.2) is 5.75 Å². The Morgan fingerprint density at radius 3 is 1.51 bits per heavy atom. The van der Waals surface area contributed by atoms with Gasteiger partial charge in [-0.3, -0.25) is 28.0 Å². The van der Waals surface area contributed by atoms with Crippen molar-refractivity contribution < 1.29 is 63.5 Å². The number of carboxylic acid groups (broad SMARTS) is 1. The van der Waals surface area contributed by atoms with Gasteiger partial charge in [-0.2, -0.15) is 55.9 Å². The molecule has 2 amide bonds. The summed E-state index contributed by atoms with van der Waals surface area (Å²) in [5.41, 5.74) is 4.71. The molecule has 0 aliphatic carbocycles. The van der Waals surface area contributed by atoms with E-state index in [9.17, 15) is 58.4 Å². The second-order valence-electron chi connectivity index (χ2n) is 16.7. The lowest BCUT2D eigenvalue weighted by atomic mass is 10.1. The Morgan fingerprint density at radius 2 is 0.974 bits per heavy atom. The highest BCUT2D eigenvalue weighted by Gasteiger charge is 2.24. The molecule has 0 atom stereocenters. The van der Waals surface area contributed by atoms with Gasteiger partial charge in [0.25, 0.3) is 36.3 Å². The average Bonchev–Trinajstić information content (AvgIpc) is 3.34. The number of phenols is 1. The Labute approximate surface area is 433 Å². The zero-order valence-corrected chi connectivity index (χ0v) is 42.5. The van der Waals surface area contributed by atoms with Gasteiger partial charge < -0.3 is 20.8 Å². The van der Waals surface area contributed by atoms with E-state index in [1.54, 1.807) is 70.2 Å². The molecule has 390 valence electrons. The Hall–Kier alpha value is -8.86. The van der Waals surface area contributed by atoms with Crippen LogP contribution in [0, 0.1) is 27.7 Å². The molecule has 0 fully saturated rings. The third kappa shape index (κ3) is 13.6. The van der Waals surface area contributed by atoms with Crippen LogP contribution in [-0.2, 0) is 39.9 Å². The maximum Gasteiger partial charge on any atom is 0.303 e. The zero-order chi connectivity index (χ0) is 55.3. The third-order valence-electron chi connectivity index (χ3n) is 11.0. The van der Waals surface area contributed by atoms with E-state index in [0.717, 1.165) is 18.2 Å². The number of amides is 2. The summed E-state index contributed by atoms with van der Waals surface area (Å²) in [6.45, 7) is 6.92. The SMILES string of the molecule is Cc1cc(N=Nc2cc(C)c(N=Nc3c(S(=O)(=O)O)cc4cc(NC(=O)c5ccc(NC(=O)CCC(=O)O)cc5)ccc4c3O)cc2C)ccc1N=Nc1ccc(N=Nc2ccc(S(=O)(=O)O)cc2S(=O)(=O)O)c(C)c1. The van der Waals surface area contributed by atoms with Gasteiger partial charge >= 0.3 is 5.97 Å². The number of nitrogens with one attached hydrogen (secondary N) is 2. The van der Waals surface area contributed by atoms with Gasteiger partial charge in [-0.1, -0.05) is 0 Å². The first-order chi connectivity index (χ1) is 35.7. The maximum absolute atomic E-state index is 13.1. The fraction of sp³-hybridized carbons (Fsp3) is 0.122. The summed E-state index contributed by atoms with van der Waals surface area (Å²) in [4.78, 5) is 33.4. The molecule has 24 nitrogen and oxygen atoms in total. The molecular weight excluding hydrogens is 1050 g/mol. The summed E-state index contributed by atoms with van der Waals surface area (Å²) in [6.07, 6.45) is -0.568. The summed E-state index contributed by atoms with van der Waals surface area (Å²) in [5.74, 6) is -2.81. The monoisotopic (exact) mass is 1090 g/mol. The average molecular weight is 1090 g/mol. The summed E-state index contributed by atoms with van der Waals surface area (Å²) < 4.78 is 101. The molecule has 0 aliphatic heterocycles. The van der Waals surface area contributed by atoms with Crippen LogP contribution in [0.2, 0.25) is 0 Å². The van der Waals surface area contributed by atoms with Gasteiger partial charge in [-0.25, -0.2) is 0 Å². The van der Waals surface area contributed by atoms with Crippen LogP contribution in [0.15, 0.2) is 171 Å². The van der Waals surface area contributed by atoms with Crippen LogP contribution in [0.1, 0.15) is 45.5 Å². The topological polar surface area (TPSA) is 378 Å². The standard InChI is InChI=1S/C49H42N10O14S3/c1-26-19-35(10-14-38(26)54-52-34-11-15-39(27(2)20-34)55-56-40-16-12-36(74(65,66)67)25-43(40)75(68,69)70)53-57-41-21-29(4)42(22-28(41)3)58-59-47-44(76(71,72)73)24-31-23-33(9-13-37(31)48(47)63)51-49(64)30-5-7-32(8-6-30)50-45(60)17-18-46(61)62/h5-16,19-25,63H,17-18H2,1-4H3,(H,50,60)(H,51,64)(H,61,62)(H,65,66,67)(H,68,69,70)(H,71,72,73). The van der Waals surface area contributed by atoms with E-state index in [-0.39, 0.29) is 46.2 Å². The molecule has 0 saturated heterocycles. The van der Waals surface area contributed by atoms with Crippen LogP contribution in [0.4, 0.5) is 56.9 Å². The Morgan fingerprint density at radius 1 is 0.474 bits per heavy atom. The molecule has 0 heterocycles. The molecule has 0 saturated carbocycles. The zero-order valence-electron chi connectivity index (χ0n) is 40.1. The first-order valence-corrected chi connectivity index (χ1v) is 26.3. The molecule has 0 aliphatic rings. The molecule has 7 aromatic carbocycles. The first kappa shape index (κ1) is 54.9. The van der Waals surface area contributed by atoms with Gasteiger partial charge in [0.1, 0.15) is 21.2 Å². The molecule has 0 unspecified atom stereocenters. The van der Waals surface area contributed by atoms with E-state index in [4.69, 9.17) is 5.11 Å². The van der Waals surface area contributed by atoms with Crippen LogP contribution in [0.3, 0.4) is 0 Å². The van der Waals surface area contributed by atoms with Crippen LogP contribution in [0.25, 0.3) is 10.8 Å². The molecule has 27 heteroatoms. The number of rotatable bonds is 17. The smallest absolute Gasteiger partial charge is 0.303 e. The number of carbonyl (C=O) groups is 3. The van der Waals surface area contributed by atoms with Crippen molar-refractivity contribution >= 4 is 116 Å². The lowest BCUT2D eigenvalue weighted by molar-refractivity contribution is -0.138. The third-order valence-corrected chi connectivity index (χ3v) is 13.6. The number of aromatic hydroxyl groups is 1. The van der Waals surface area contributed by atoms with E-state index in [1.165, 1.54) is 48.5 Å². The minimum Gasteiger partial charge on any atom is -0.505 e. The fourth-order valence-corrected chi connectivity index (χ4v) is 8.97. The summed E-state index contributed by atoms with van der Waals surface area (Å²) in [6, 6.07) is 26.7. The summed E-state index contributed by atoms with van der Waals surface area (Å²) in [5, 5.41) is 59.1. The maximum atomic E-state index is 13.1. The molecule has 0 bridgehead atoms. The number of aliphatic carboxylic acids is 1. The molecule has 7 N–H and O–H groups in total. The number of fused-ring (bicyclic) bond motifs is 1. The number of hydrogen-bond donors (Lipinski definition) is 7. The molecule has 0 spiro atoms. The quantitative estimate of drug-likeness (QED) is 0.0329.